The minimum absolute atomic E-state index is 0.204. The largest absolute Gasteiger partial charge is 0.504 e. The normalized spacial score (nSPS) is 17.4. The molecule has 0 aliphatic carbocycles. The molecule has 1 aromatic carbocycles. The molecule has 0 spiro atoms. The zero-order valence-electron chi connectivity index (χ0n) is 13.1. The molecule has 0 bridgehead atoms. The molecule has 2 rings (SSSR count). The number of phenols is 1. The molecule has 116 valence electrons. The van der Waals surface area contributed by atoms with Crippen LogP contribution in [-0.2, 0) is 0 Å². The summed E-state index contributed by atoms with van der Waals surface area (Å²) in [5.41, 5.74) is 2.35. The fourth-order valence-electron chi connectivity index (χ4n) is 2.79. The summed E-state index contributed by atoms with van der Waals surface area (Å²) >= 11 is 0. The summed E-state index contributed by atoms with van der Waals surface area (Å²) in [6, 6.07) is 5.99. The number of hydrogen-bond acceptors (Lipinski definition) is 4. The van der Waals surface area contributed by atoms with E-state index in [1.165, 1.54) is 11.1 Å². The molecular formula is C17H26N2O2. The molecule has 1 aliphatic rings. The van der Waals surface area contributed by atoms with Crippen molar-refractivity contribution in [2.45, 2.75) is 26.3 Å². The van der Waals surface area contributed by atoms with Gasteiger partial charge in [0.15, 0.2) is 11.5 Å². The van der Waals surface area contributed by atoms with Gasteiger partial charge in [-0.3, -0.25) is 4.90 Å². The van der Waals surface area contributed by atoms with Crippen LogP contribution in [0.25, 0.3) is 0 Å². The third kappa shape index (κ3) is 4.22. The highest BCUT2D eigenvalue weighted by molar-refractivity contribution is 5.43. The first-order valence-electron chi connectivity index (χ1n) is 7.66. The number of benzene rings is 1. The lowest BCUT2D eigenvalue weighted by molar-refractivity contribution is 0.172. The van der Waals surface area contributed by atoms with E-state index in [-0.39, 0.29) is 5.75 Å². The average molecular weight is 290 g/mol. The molecule has 1 aromatic rings. The third-order valence-electron chi connectivity index (χ3n) is 3.80. The van der Waals surface area contributed by atoms with Crippen LogP contribution in [0.5, 0.6) is 11.5 Å². The van der Waals surface area contributed by atoms with Crippen molar-refractivity contribution in [3.8, 4) is 11.5 Å². The van der Waals surface area contributed by atoms with E-state index in [9.17, 15) is 5.11 Å². The summed E-state index contributed by atoms with van der Waals surface area (Å²) in [7, 11) is 0. The highest BCUT2D eigenvalue weighted by atomic mass is 16.5. The van der Waals surface area contributed by atoms with Gasteiger partial charge in [0.2, 0.25) is 0 Å². The Labute approximate surface area is 127 Å². The Balaban J connectivity index is 2.26. The Hall–Kier alpha value is -1.52. The highest BCUT2D eigenvalue weighted by Gasteiger charge is 2.23. The SMILES string of the molecule is C=C(C)C[C@@H](c1ccc(O)c(OCC)c1)N1CCNCC1. The molecule has 0 amide bonds. The number of aromatic hydroxyl groups is 1. The number of ether oxygens (including phenoxy) is 1. The molecule has 0 unspecified atom stereocenters. The van der Waals surface area contributed by atoms with Crippen molar-refractivity contribution in [2.24, 2.45) is 0 Å². The molecule has 0 aromatic heterocycles. The molecular weight excluding hydrogens is 264 g/mol. The fourth-order valence-corrected chi connectivity index (χ4v) is 2.79. The van der Waals surface area contributed by atoms with Crippen LogP contribution in [0.4, 0.5) is 0 Å². The first kappa shape index (κ1) is 15.9. The van der Waals surface area contributed by atoms with Crippen molar-refractivity contribution in [3.63, 3.8) is 0 Å². The van der Waals surface area contributed by atoms with Crippen LogP contribution < -0.4 is 10.1 Å². The predicted octanol–water partition coefficient (Wildman–Crippen LogP) is 2.70. The summed E-state index contributed by atoms with van der Waals surface area (Å²) in [6.45, 7) is 12.7. The van der Waals surface area contributed by atoms with Gasteiger partial charge in [-0.05, 0) is 38.0 Å². The number of rotatable bonds is 6. The lowest BCUT2D eigenvalue weighted by Crippen LogP contribution is -2.45. The van der Waals surface area contributed by atoms with E-state index in [1.54, 1.807) is 6.07 Å². The maximum absolute atomic E-state index is 9.87. The summed E-state index contributed by atoms with van der Waals surface area (Å²) in [6.07, 6.45) is 0.927. The van der Waals surface area contributed by atoms with Gasteiger partial charge in [-0.1, -0.05) is 11.6 Å². The minimum atomic E-state index is 0.204. The maximum Gasteiger partial charge on any atom is 0.161 e. The van der Waals surface area contributed by atoms with Gasteiger partial charge in [-0.2, -0.15) is 0 Å². The summed E-state index contributed by atoms with van der Waals surface area (Å²) < 4.78 is 5.52. The maximum atomic E-state index is 9.87. The second kappa shape index (κ2) is 7.48. The summed E-state index contributed by atoms with van der Waals surface area (Å²) in [5.74, 6) is 0.770. The van der Waals surface area contributed by atoms with Gasteiger partial charge in [0.05, 0.1) is 6.61 Å². The first-order chi connectivity index (χ1) is 10.1. The number of phenolic OH excluding ortho intramolecular Hbond substituents is 1. The molecule has 1 atom stereocenters. The van der Waals surface area contributed by atoms with Crippen LogP contribution >= 0.6 is 0 Å². The second-order valence-electron chi connectivity index (χ2n) is 5.62. The topological polar surface area (TPSA) is 44.7 Å². The monoisotopic (exact) mass is 290 g/mol. The van der Waals surface area contributed by atoms with Crippen molar-refractivity contribution in [1.29, 1.82) is 0 Å². The third-order valence-corrected chi connectivity index (χ3v) is 3.80. The molecule has 2 N–H and O–H groups in total. The molecule has 1 heterocycles. The van der Waals surface area contributed by atoms with Crippen molar-refractivity contribution in [3.05, 3.63) is 35.9 Å². The Kier molecular flexibility index (Phi) is 5.65. The molecule has 21 heavy (non-hydrogen) atoms. The van der Waals surface area contributed by atoms with Gasteiger partial charge in [0.25, 0.3) is 0 Å². The van der Waals surface area contributed by atoms with E-state index in [1.807, 2.05) is 19.1 Å². The van der Waals surface area contributed by atoms with Crippen LogP contribution in [0.3, 0.4) is 0 Å². The molecule has 0 radical (unpaired) electrons. The number of nitrogens with zero attached hydrogens (tertiary/aromatic N) is 1. The van der Waals surface area contributed by atoms with E-state index in [0.29, 0.717) is 18.4 Å². The van der Waals surface area contributed by atoms with Crippen LogP contribution in [0.1, 0.15) is 31.9 Å². The molecule has 0 saturated carbocycles. The van der Waals surface area contributed by atoms with Gasteiger partial charge in [0, 0.05) is 32.2 Å². The molecule has 4 heteroatoms. The summed E-state index contributed by atoms with van der Waals surface area (Å²) in [5, 5.41) is 13.3. The van der Waals surface area contributed by atoms with Crippen LogP contribution in [-0.4, -0.2) is 42.8 Å². The predicted molar refractivity (Wildman–Crippen MR) is 85.9 cm³/mol. The fraction of sp³-hybridized carbons (Fsp3) is 0.529. The van der Waals surface area contributed by atoms with Crippen LogP contribution in [0.15, 0.2) is 30.4 Å². The Bertz CT molecular complexity index is 482. The molecule has 1 saturated heterocycles. The molecule has 1 aliphatic heterocycles. The second-order valence-corrected chi connectivity index (χ2v) is 5.62. The Morgan fingerprint density at radius 2 is 2.14 bits per heavy atom. The standard InChI is InChI=1S/C17H26N2O2/c1-4-21-17-12-14(5-6-16(17)20)15(11-13(2)3)19-9-7-18-8-10-19/h5-6,12,15,18,20H,2,4,7-11H2,1,3H3/t15-/m0/s1. The number of nitrogens with one attached hydrogen (secondary N) is 1. The zero-order valence-corrected chi connectivity index (χ0v) is 13.1. The van der Waals surface area contributed by atoms with E-state index in [0.717, 1.165) is 32.6 Å². The van der Waals surface area contributed by atoms with Crippen molar-refractivity contribution < 1.29 is 9.84 Å². The average Bonchev–Trinajstić information content (AvgIpc) is 2.48. The highest BCUT2D eigenvalue weighted by Crippen LogP contribution is 2.34. The van der Waals surface area contributed by atoms with E-state index in [4.69, 9.17) is 4.74 Å². The van der Waals surface area contributed by atoms with Crippen LogP contribution in [0.2, 0.25) is 0 Å². The Morgan fingerprint density at radius 3 is 2.76 bits per heavy atom. The smallest absolute Gasteiger partial charge is 0.161 e. The van der Waals surface area contributed by atoms with Gasteiger partial charge in [-0.25, -0.2) is 0 Å². The quantitative estimate of drug-likeness (QED) is 0.791. The molecule has 4 nitrogen and oxygen atoms in total. The van der Waals surface area contributed by atoms with Crippen molar-refractivity contribution in [2.75, 3.05) is 32.8 Å². The lowest BCUT2D eigenvalue weighted by Gasteiger charge is -2.35. The number of piperazine rings is 1. The van der Waals surface area contributed by atoms with Crippen molar-refractivity contribution >= 4 is 0 Å². The van der Waals surface area contributed by atoms with Gasteiger partial charge in [0.1, 0.15) is 0 Å². The zero-order chi connectivity index (χ0) is 15.2. The van der Waals surface area contributed by atoms with Gasteiger partial charge >= 0.3 is 0 Å². The van der Waals surface area contributed by atoms with Gasteiger partial charge < -0.3 is 15.2 Å². The van der Waals surface area contributed by atoms with E-state index in [2.05, 4.69) is 23.7 Å². The van der Waals surface area contributed by atoms with E-state index >= 15 is 0 Å². The first-order valence-corrected chi connectivity index (χ1v) is 7.66. The van der Waals surface area contributed by atoms with E-state index < -0.39 is 0 Å². The van der Waals surface area contributed by atoms with Crippen LogP contribution in [0, 0.1) is 0 Å². The Morgan fingerprint density at radius 1 is 1.43 bits per heavy atom. The molecule has 1 fully saturated rings. The summed E-state index contributed by atoms with van der Waals surface area (Å²) in [4.78, 5) is 2.48. The minimum Gasteiger partial charge on any atom is -0.504 e. The van der Waals surface area contributed by atoms with Crippen molar-refractivity contribution in [1.82, 2.24) is 10.2 Å². The lowest BCUT2D eigenvalue weighted by atomic mass is 9.97. The van der Waals surface area contributed by atoms with Gasteiger partial charge in [-0.15, -0.1) is 6.58 Å². The number of hydrogen-bond donors (Lipinski definition) is 2.